The Labute approximate surface area is 146 Å². The van der Waals surface area contributed by atoms with Crippen LogP contribution in [0.1, 0.15) is 20.3 Å². The Morgan fingerprint density at radius 3 is 2.64 bits per heavy atom. The van der Waals surface area contributed by atoms with Crippen molar-refractivity contribution in [2.45, 2.75) is 26.3 Å². The number of nitro groups is 1. The number of hydrogen-bond donors (Lipinski definition) is 3. The minimum atomic E-state index is -0.548. The Bertz CT molecular complexity index is 635. The highest BCUT2D eigenvalue weighted by Gasteiger charge is 2.25. The van der Waals surface area contributed by atoms with Crippen molar-refractivity contribution >= 4 is 23.2 Å². The van der Waals surface area contributed by atoms with Crippen LogP contribution in [0.4, 0.5) is 11.4 Å². The number of nitrogens with one attached hydrogen (secondary N) is 3. The van der Waals surface area contributed by atoms with Crippen LogP contribution < -0.4 is 20.3 Å². The molecule has 0 aliphatic heterocycles. The van der Waals surface area contributed by atoms with Gasteiger partial charge in [-0.05, 0) is 19.4 Å². The number of nitro benzene ring substituents is 1. The van der Waals surface area contributed by atoms with Crippen molar-refractivity contribution in [2.24, 2.45) is 0 Å². The second-order valence-corrected chi connectivity index (χ2v) is 5.73. The van der Waals surface area contributed by atoms with Crippen LogP contribution in [0, 0.1) is 10.1 Å². The van der Waals surface area contributed by atoms with Crippen molar-refractivity contribution in [3.63, 3.8) is 0 Å². The first kappa shape index (κ1) is 20.4. The lowest BCUT2D eigenvalue weighted by atomic mass is 10.2. The van der Waals surface area contributed by atoms with Gasteiger partial charge in [0, 0.05) is 18.7 Å². The maximum Gasteiger partial charge on any atom is 0.282 e. The fraction of sp³-hybridized carbons (Fsp3) is 0.500. The van der Waals surface area contributed by atoms with Gasteiger partial charge < -0.3 is 20.3 Å². The first-order chi connectivity index (χ1) is 11.8. The number of ether oxygens (including phenoxy) is 1. The van der Waals surface area contributed by atoms with E-state index in [0.717, 1.165) is 6.42 Å². The van der Waals surface area contributed by atoms with Crippen molar-refractivity contribution in [3.8, 4) is 5.75 Å². The quantitative estimate of drug-likeness (QED) is 0.426. The molecule has 2 amide bonds. The van der Waals surface area contributed by atoms with Gasteiger partial charge in [0.05, 0.1) is 24.8 Å². The maximum absolute atomic E-state index is 12.4. The summed E-state index contributed by atoms with van der Waals surface area (Å²) >= 11 is 0. The number of benzene rings is 1. The van der Waals surface area contributed by atoms with Gasteiger partial charge in [0.1, 0.15) is 5.75 Å². The van der Waals surface area contributed by atoms with Gasteiger partial charge in [-0.1, -0.05) is 6.92 Å². The summed E-state index contributed by atoms with van der Waals surface area (Å²) in [4.78, 5) is 35.2. The molecule has 0 bridgehead atoms. The first-order valence-corrected chi connectivity index (χ1v) is 8.02. The summed E-state index contributed by atoms with van der Waals surface area (Å²) in [7, 11) is 3.15. The number of amides is 2. The summed E-state index contributed by atoms with van der Waals surface area (Å²) in [5, 5.41) is 16.3. The van der Waals surface area contributed by atoms with Crippen molar-refractivity contribution in [1.82, 2.24) is 5.32 Å². The van der Waals surface area contributed by atoms with E-state index in [0.29, 0.717) is 17.2 Å². The predicted octanol–water partition coefficient (Wildman–Crippen LogP) is -0.0287. The molecule has 0 aliphatic carbocycles. The van der Waals surface area contributed by atoms with Crippen LogP contribution >= 0.6 is 0 Å². The topological polar surface area (TPSA) is 115 Å². The van der Waals surface area contributed by atoms with Gasteiger partial charge in [-0.3, -0.25) is 19.7 Å². The molecule has 25 heavy (non-hydrogen) atoms. The van der Waals surface area contributed by atoms with E-state index < -0.39 is 11.0 Å². The van der Waals surface area contributed by atoms with E-state index >= 15 is 0 Å². The Morgan fingerprint density at radius 2 is 2.08 bits per heavy atom. The molecule has 9 heteroatoms. The Hall–Kier alpha value is -2.68. The third kappa shape index (κ3) is 6.03. The van der Waals surface area contributed by atoms with E-state index in [-0.39, 0.29) is 29.7 Å². The SMILES string of the molecule is CCCNC(=O)C[NH+](C)[C@H](C)C(=O)Nc1cc([N+](=O)[O-])ccc1OC. The number of quaternary nitrogens is 1. The molecule has 0 aliphatic rings. The number of non-ortho nitro benzene ring substituents is 1. The van der Waals surface area contributed by atoms with E-state index in [4.69, 9.17) is 4.74 Å². The second kappa shape index (κ2) is 9.58. The van der Waals surface area contributed by atoms with Crippen LogP contribution in [0.3, 0.4) is 0 Å². The van der Waals surface area contributed by atoms with Crippen LogP contribution in [-0.2, 0) is 9.59 Å². The smallest absolute Gasteiger partial charge is 0.282 e. The van der Waals surface area contributed by atoms with E-state index in [1.54, 1.807) is 14.0 Å². The Morgan fingerprint density at radius 1 is 1.40 bits per heavy atom. The highest BCUT2D eigenvalue weighted by molar-refractivity contribution is 5.95. The molecule has 0 saturated carbocycles. The number of methoxy groups -OCH3 is 1. The van der Waals surface area contributed by atoms with Gasteiger partial charge in [-0.2, -0.15) is 0 Å². The van der Waals surface area contributed by atoms with Gasteiger partial charge in [-0.25, -0.2) is 0 Å². The standard InChI is InChI=1S/C16H24N4O5/c1-5-8-17-15(21)10-19(3)11(2)16(22)18-13-9-12(20(23)24)6-7-14(13)25-4/h6-7,9,11H,5,8,10H2,1-4H3,(H,17,21)(H,18,22)/p+1/t11-/m1/s1. The molecule has 1 aromatic carbocycles. The van der Waals surface area contributed by atoms with Crippen LogP contribution in [-0.4, -0.2) is 50.0 Å². The van der Waals surface area contributed by atoms with Crippen molar-refractivity contribution < 1.29 is 24.1 Å². The average Bonchev–Trinajstić information content (AvgIpc) is 2.58. The highest BCUT2D eigenvalue weighted by atomic mass is 16.6. The van der Waals surface area contributed by atoms with E-state index in [1.165, 1.54) is 25.3 Å². The largest absolute Gasteiger partial charge is 0.495 e. The first-order valence-electron chi connectivity index (χ1n) is 8.02. The van der Waals surface area contributed by atoms with Gasteiger partial charge in [0.15, 0.2) is 12.6 Å². The fourth-order valence-corrected chi connectivity index (χ4v) is 2.11. The number of carbonyl (C=O) groups is 2. The van der Waals surface area contributed by atoms with Gasteiger partial charge >= 0.3 is 0 Å². The zero-order valence-electron chi connectivity index (χ0n) is 14.9. The molecule has 0 aromatic heterocycles. The van der Waals surface area contributed by atoms with Crippen LogP contribution in [0.15, 0.2) is 18.2 Å². The van der Waals surface area contributed by atoms with Crippen molar-refractivity contribution in [1.29, 1.82) is 0 Å². The molecule has 1 aromatic rings. The summed E-state index contributed by atoms with van der Waals surface area (Å²) in [5.74, 6) is -0.170. The summed E-state index contributed by atoms with van der Waals surface area (Å²) in [5.41, 5.74) is 0.0696. The number of rotatable bonds is 9. The number of nitrogens with zero attached hydrogens (tertiary/aromatic N) is 1. The minimum Gasteiger partial charge on any atom is -0.495 e. The summed E-state index contributed by atoms with van der Waals surface area (Å²) < 4.78 is 5.12. The van der Waals surface area contributed by atoms with Gasteiger partial charge in [0.25, 0.3) is 17.5 Å². The summed E-state index contributed by atoms with van der Waals surface area (Å²) in [6.45, 7) is 4.39. The van der Waals surface area contributed by atoms with Crippen molar-refractivity contribution in [3.05, 3.63) is 28.3 Å². The third-order valence-electron chi connectivity index (χ3n) is 3.80. The fourth-order valence-electron chi connectivity index (χ4n) is 2.11. The minimum absolute atomic E-state index is 0.132. The third-order valence-corrected chi connectivity index (χ3v) is 3.80. The lowest BCUT2D eigenvalue weighted by Crippen LogP contribution is -3.15. The van der Waals surface area contributed by atoms with Crippen LogP contribution in [0.25, 0.3) is 0 Å². The highest BCUT2D eigenvalue weighted by Crippen LogP contribution is 2.28. The molecule has 138 valence electrons. The summed E-state index contributed by atoms with van der Waals surface area (Å²) in [6, 6.07) is 3.43. The molecule has 0 radical (unpaired) electrons. The summed E-state index contributed by atoms with van der Waals surface area (Å²) in [6.07, 6.45) is 0.841. The van der Waals surface area contributed by atoms with Gasteiger partial charge in [-0.15, -0.1) is 0 Å². The second-order valence-electron chi connectivity index (χ2n) is 5.73. The Balaban J connectivity index is 2.78. The molecule has 2 atom stereocenters. The number of hydrogen-bond acceptors (Lipinski definition) is 5. The number of likely N-dealkylation sites (N-methyl/N-ethyl adjacent to an activating group) is 1. The molecular formula is C16H25N4O5+. The molecule has 9 nitrogen and oxygen atoms in total. The Kier molecular flexibility index (Phi) is 7.80. The normalized spacial score (nSPS) is 12.8. The molecular weight excluding hydrogens is 328 g/mol. The lowest BCUT2D eigenvalue weighted by Gasteiger charge is -2.21. The van der Waals surface area contributed by atoms with Crippen LogP contribution in [0.5, 0.6) is 5.75 Å². The van der Waals surface area contributed by atoms with E-state index in [2.05, 4.69) is 10.6 Å². The maximum atomic E-state index is 12.4. The predicted molar refractivity (Wildman–Crippen MR) is 92.8 cm³/mol. The average molecular weight is 353 g/mol. The molecule has 3 N–H and O–H groups in total. The molecule has 0 spiro atoms. The number of carbonyl (C=O) groups excluding carboxylic acids is 2. The van der Waals surface area contributed by atoms with E-state index in [1.807, 2.05) is 6.92 Å². The number of anilines is 1. The molecule has 1 unspecified atom stereocenters. The molecule has 1 rings (SSSR count). The van der Waals surface area contributed by atoms with Gasteiger partial charge in [0.2, 0.25) is 0 Å². The van der Waals surface area contributed by atoms with E-state index in [9.17, 15) is 19.7 Å². The molecule has 0 fully saturated rings. The van der Waals surface area contributed by atoms with Crippen LogP contribution in [0.2, 0.25) is 0 Å². The molecule has 0 heterocycles. The molecule has 0 saturated heterocycles. The lowest BCUT2D eigenvalue weighted by molar-refractivity contribution is -0.885. The zero-order valence-corrected chi connectivity index (χ0v) is 14.9. The monoisotopic (exact) mass is 353 g/mol. The zero-order chi connectivity index (χ0) is 19.0. The van der Waals surface area contributed by atoms with Crippen molar-refractivity contribution in [2.75, 3.05) is 32.6 Å².